The van der Waals surface area contributed by atoms with Crippen LogP contribution in [0.25, 0.3) is 0 Å². The Morgan fingerprint density at radius 3 is 2.80 bits per heavy atom. The van der Waals surface area contributed by atoms with Crippen LogP contribution in [-0.2, 0) is 14.3 Å². The van der Waals surface area contributed by atoms with E-state index in [1.165, 1.54) is 7.11 Å². The van der Waals surface area contributed by atoms with Crippen LogP contribution < -0.4 is 5.32 Å². The van der Waals surface area contributed by atoms with Gasteiger partial charge in [0, 0.05) is 18.7 Å². The van der Waals surface area contributed by atoms with Crippen molar-refractivity contribution in [3.8, 4) is 6.07 Å². The second-order valence-corrected chi connectivity index (χ2v) is 3.84. The fourth-order valence-electron chi connectivity index (χ4n) is 1.42. The fraction of sp³-hybridized carbons (Fsp3) is 0.385. The molecule has 0 aliphatic carbocycles. The number of hydrogen-bond acceptors (Lipinski definition) is 4. The number of nitriles is 1. The number of benzene rings is 1. The lowest BCUT2D eigenvalue weighted by molar-refractivity contribution is -0.126. The SMILES string of the molecule is COCCOCC(=O)N[C@@H](C#N)c1ccc(F)cc1F. The van der Waals surface area contributed by atoms with Crippen LogP contribution in [0, 0.1) is 23.0 Å². The maximum atomic E-state index is 13.5. The highest BCUT2D eigenvalue weighted by molar-refractivity contribution is 5.78. The quantitative estimate of drug-likeness (QED) is 0.766. The molecule has 1 N–H and O–H groups in total. The van der Waals surface area contributed by atoms with Crippen molar-refractivity contribution in [3.05, 3.63) is 35.4 Å². The monoisotopic (exact) mass is 284 g/mol. The average molecular weight is 284 g/mol. The van der Waals surface area contributed by atoms with Crippen LogP contribution >= 0.6 is 0 Å². The molecular weight excluding hydrogens is 270 g/mol. The van der Waals surface area contributed by atoms with Crippen molar-refractivity contribution in [2.75, 3.05) is 26.9 Å². The molecule has 0 heterocycles. The standard InChI is InChI=1S/C13H14F2N2O3/c1-19-4-5-20-8-13(18)17-12(7-16)10-3-2-9(14)6-11(10)15/h2-3,6,12H,4-5,8H2,1H3,(H,17,18)/t12-/m0/s1. The zero-order valence-corrected chi connectivity index (χ0v) is 10.9. The Labute approximate surface area is 115 Å². The summed E-state index contributed by atoms with van der Waals surface area (Å²) in [6, 6.07) is 3.32. The van der Waals surface area contributed by atoms with Crippen molar-refractivity contribution in [1.29, 1.82) is 5.26 Å². The first-order chi connectivity index (χ1) is 9.58. The van der Waals surface area contributed by atoms with Gasteiger partial charge in [-0.05, 0) is 6.07 Å². The first-order valence-electron chi connectivity index (χ1n) is 5.79. The number of methoxy groups -OCH3 is 1. The second kappa shape index (κ2) is 8.19. The third kappa shape index (κ3) is 4.91. The Kier molecular flexibility index (Phi) is 6.56. The van der Waals surface area contributed by atoms with E-state index in [2.05, 4.69) is 5.32 Å². The minimum atomic E-state index is -1.20. The van der Waals surface area contributed by atoms with E-state index in [1.807, 2.05) is 0 Å². The fourth-order valence-corrected chi connectivity index (χ4v) is 1.42. The minimum absolute atomic E-state index is 0.0980. The molecule has 1 atom stereocenters. The van der Waals surface area contributed by atoms with E-state index in [-0.39, 0.29) is 18.8 Å². The van der Waals surface area contributed by atoms with Crippen molar-refractivity contribution in [3.63, 3.8) is 0 Å². The molecule has 20 heavy (non-hydrogen) atoms. The lowest BCUT2D eigenvalue weighted by Crippen LogP contribution is -2.31. The number of nitrogens with one attached hydrogen (secondary N) is 1. The topological polar surface area (TPSA) is 71.3 Å². The molecule has 0 fully saturated rings. The van der Waals surface area contributed by atoms with Crippen molar-refractivity contribution in [1.82, 2.24) is 5.32 Å². The highest BCUT2D eigenvalue weighted by Gasteiger charge is 2.18. The van der Waals surface area contributed by atoms with Crippen LogP contribution in [-0.4, -0.2) is 32.8 Å². The van der Waals surface area contributed by atoms with Gasteiger partial charge in [-0.15, -0.1) is 0 Å². The first kappa shape index (κ1) is 16.0. The summed E-state index contributed by atoms with van der Waals surface area (Å²) in [6.45, 7) is 0.290. The van der Waals surface area contributed by atoms with Gasteiger partial charge in [-0.1, -0.05) is 6.07 Å². The molecule has 108 valence electrons. The zero-order valence-electron chi connectivity index (χ0n) is 10.9. The predicted octanol–water partition coefficient (Wildman–Crippen LogP) is 1.31. The van der Waals surface area contributed by atoms with E-state index in [0.29, 0.717) is 12.7 Å². The number of rotatable bonds is 7. The highest BCUT2D eigenvalue weighted by atomic mass is 19.1. The summed E-state index contributed by atoms with van der Waals surface area (Å²) in [5, 5.41) is 11.2. The zero-order chi connectivity index (χ0) is 15.0. The van der Waals surface area contributed by atoms with Crippen LogP contribution in [0.15, 0.2) is 18.2 Å². The molecule has 1 rings (SSSR count). The van der Waals surface area contributed by atoms with Gasteiger partial charge in [0.1, 0.15) is 24.3 Å². The molecule has 0 bridgehead atoms. The van der Waals surface area contributed by atoms with Gasteiger partial charge >= 0.3 is 0 Å². The summed E-state index contributed by atoms with van der Waals surface area (Å²) in [4.78, 5) is 11.5. The van der Waals surface area contributed by atoms with Crippen molar-refractivity contribution in [2.45, 2.75) is 6.04 Å². The van der Waals surface area contributed by atoms with Crippen LogP contribution in [0.3, 0.4) is 0 Å². The van der Waals surface area contributed by atoms with Crippen molar-refractivity contribution in [2.24, 2.45) is 0 Å². The summed E-state index contributed by atoms with van der Waals surface area (Å²) >= 11 is 0. The van der Waals surface area contributed by atoms with Gasteiger partial charge < -0.3 is 14.8 Å². The smallest absolute Gasteiger partial charge is 0.247 e. The average Bonchev–Trinajstić information content (AvgIpc) is 2.41. The third-order valence-corrected chi connectivity index (χ3v) is 2.37. The minimum Gasteiger partial charge on any atom is -0.382 e. The van der Waals surface area contributed by atoms with Crippen LogP contribution in [0.4, 0.5) is 8.78 Å². The van der Waals surface area contributed by atoms with Gasteiger partial charge in [0.15, 0.2) is 0 Å². The third-order valence-electron chi connectivity index (χ3n) is 2.37. The summed E-state index contributed by atoms with van der Waals surface area (Å²) < 4.78 is 36.0. The number of halogens is 2. The van der Waals surface area contributed by atoms with E-state index < -0.39 is 23.6 Å². The summed E-state index contributed by atoms with van der Waals surface area (Å²) in [5.41, 5.74) is -0.0980. The summed E-state index contributed by atoms with van der Waals surface area (Å²) in [7, 11) is 1.49. The molecule has 0 unspecified atom stereocenters. The van der Waals surface area contributed by atoms with Crippen LogP contribution in [0.2, 0.25) is 0 Å². The largest absolute Gasteiger partial charge is 0.382 e. The maximum Gasteiger partial charge on any atom is 0.247 e. The maximum absolute atomic E-state index is 13.5. The number of carbonyl (C=O) groups is 1. The number of hydrogen-bond donors (Lipinski definition) is 1. The number of ether oxygens (including phenoxy) is 2. The van der Waals surface area contributed by atoms with Crippen molar-refractivity contribution >= 4 is 5.91 Å². The molecule has 0 saturated heterocycles. The van der Waals surface area contributed by atoms with Gasteiger partial charge in [-0.25, -0.2) is 8.78 Å². The Hall–Kier alpha value is -2.04. The molecule has 0 aliphatic rings. The molecule has 0 saturated carbocycles. The van der Waals surface area contributed by atoms with E-state index in [1.54, 1.807) is 6.07 Å². The molecule has 7 heteroatoms. The normalized spacial score (nSPS) is 11.7. The number of amides is 1. The Morgan fingerprint density at radius 2 is 2.20 bits per heavy atom. The molecule has 0 radical (unpaired) electrons. The number of carbonyl (C=O) groups excluding carboxylic acids is 1. The first-order valence-corrected chi connectivity index (χ1v) is 5.79. The molecule has 0 aromatic heterocycles. The highest BCUT2D eigenvalue weighted by Crippen LogP contribution is 2.17. The summed E-state index contributed by atoms with van der Waals surface area (Å²) in [5.74, 6) is -2.22. The molecule has 1 amide bonds. The van der Waals surface area contributed by atoms with Crippen LogP contribution in [0.1, 0.15) is 11.6 Å². The van der Waals surface area contributed by atoms with Gasteiger partial charge in [0.25, 0.3) is 0 Å². The lowest BCUT2D eigenvalue weighted by Gasteiger charge is -2.13. The molecule has 1 aromatic rings. The van der Waals surface area contributed by atoms with E-state index >= 15 is 0 Å². The molecule has 0 aliphatic heterocycles. The van der Waals surface area contributed by atoms with E-state index in [0.717, 1.165) is 12.1 Å². The Bertz CT molecular complexity index is 503. The van der Waals surface area contributed by atoms with E-state index in [4.69, 9.17) is 14.7 Å². The molecule has 1 aromatic carbocycles. The molecule has 5 nitrogen and oxygen atoms in total. The molecular formula is C13H14F2N2O3. The van der Waals surface area contributed by atoms with Gasteiger partial charge in [0.2, 0.25) is 5.91 Å². The second-order valence-electron chi connectivity index (χ2n) is 3.84. The summed E-state index contributed by atoms with van der Waals surface area (Å²) in [6.07, 6.45) is 0. The van der Waals surface area contributed by atoms with Gasteiger partial charge in [0.05, 0.1) is 19.3 Å². The predicted molar refractivity (Wildman–Crippen MR) is 65.5 cm³/mol. The van der Waals surface area contributed by atoms with Gasteiger partial charge in [-0.3, -0.25) is 4.79 Å². The van der Waals surface area contributed by atoms with Gasteiger partial charge in [-0.2, -0.15) is 5.26 Å². The van der Waals surface area contributed by atoms with Crippen LogP contribution in [0.5, 0.6) is 0 Å². The number of nitrogens with zero attached hydrogens (tertiary/aromatic N) is 1. The Balaban J connectivity index is 2.59. The van der Waals surface area contributed by atoms with E-state index in [9.17, 15) is 13.6 Å². The lowest BCUT2D eigenvalue weighted by atomic mass is 10.1. The Morgan fingerprint density at radius 1 is 1.45 bits per heavy atom. The molecule has 0 spiro atoms. The van der Waals surface area contributed by atoms with Crippen molar-refractivity contribution < 1.29 is 23.0 Å².